The van der Waals surface area contributed by atoms with E-state index < -0.39 is 0 Å². The maximum absolute atomic E-state index is 6.26. The normalized spacial score (nSPS) is 11.6. The van der Waals surface area contributed by atoms with Gasteiger partial charge in [0.2, 0.25) is 0 Å². The summed E-state index contributed by atoms with van der Waals surface area (Å²) in [6.07, 6.45) is 0. The van der Waals surface area contributed by atoms with E-state index in [1.807, 2.05) is 12.1 Å². The molecule has 0 saturated carbocycles. The summed E-state index contributed by atoms with van der Waals surface area (Å²) in [6.45, 7) is 0. The predicted octanol–water partition coefficient (Wildman–Crippen LogP) is 15.5. The van der Waals surface area contributed by atoms with E-state index in [1.165, 1.54) is 54.6 Å². The van der Waals surface area contributed by atoms with Crippen LogP contribution in [0.5, 0.6) is 0 Å². The molecule has 0 spiro atoms. The zero-order chi connectivity index (χ0) is 37.0. The van der Waals surface area contributed by atoms with Gasteiger partial charge in [0.15, 0.2) is 0 Å². The molecule has 0 aliphatic carbocycles. The Morgan fingerprint density at radius 3 is 1.62 bits per heavy atom. The van der Waals surface area contributed by atoms with Gasteiger partial charge in [-0.2, -0.15) is 0 Å². The number of hydrogen-bond donors (Lipinski definition) is 0. The number of furan rings is 1. The number of hydrogen-bond acceptors (Lipinski definition) is 2. The monoisotopic (exact) mass is 713 g/mol. The van der Waals surface area contributed by atoms with Crippen molar-refractivity contribution in [2.24, 2.45) is 0 Å². The maximum atomic E-state index is 6.26. The Hall–Kier alpha value is -7.42. The topological polar surface area (TPSA) is 16.4 Å². The third kappa shape index (κ3) is 5.34. The first-order chi connectivity index (χ1) is 27.8. The van der Waals surface area contributed by atoms with E-state index in [9.17, 15) is 0 Å². The van der Waals surface area contributed by atoms with Gasteiger partial charge in [0, 0.05) is 27.8 Å². The maximum Gasteiger partial charge on any atom is 0.136 e. The van der Waals surface area contributed by atoms with Crippen LogP contribution >= 0.6 is 0 Å². The fourth-order valence-electron chi connectivity index (χ4n) is 8.65. The van der Waals surface area contributed by atoms with E-state index in [-0.39, 0.29) is 0 Å². The molecule has 0 radical (unpaired) electrons. The summed E-state index contributed by atoms with van der Waals surface area (Å²) in [5.74, 6) is 0. The van der Waals surface area contributed by atoms with Crippen molar-refractivity contribution in [2.45, 2.75) is 0 Å². The molecule has 0 unspecified atom stereocenters. The molecular formula is C54H35NO. The molecular weight excluding hydrogens is 679 g/mol. The van der Waals surface area contributed by atoms with Gasteiger partial charge in [-0.05, 0) is 120 Å². The molecule has 2 heteroatoms. The van der Waals surface area contributed by atoms with Crippen LogP contribution in [-0.4, -0.2) is 0 Å². The largest absolute Gasteiger partial charge is 0.456 e. The average molecular weight is 714 g/mol. The summed E-state index contributed by atoms with van der Waals surface area (Å²) < 4.78 is 6.26. The van der Waals surface area contributed by atoms with E-state index in [2.05, 4.69) is 205 Å². The van der Waals surface area contributed by atoms with Crippen LogP contribution in [0.2, 0.25) is 0 Å². The summed E-state index contributed by atoms with van der Waals surface area (Å²) in [5.41, 5.74) is 12.2. The summed E-state index contributed by atoms with van der Waals surface area (Å²) in [6, 6.07) is 76.6. The SMILES string of the molecule is c1cc(-c2cccc3ccccc23)cc(N(c2ccc(-c3cccc4oc5ccccc5c34)cc2)c2cccc(-c3cc4ccccc4c4ccccc34)c2)c1. The summed E-state index contributed by atoms with van der Waals surface area (Å²) in [7, 11) is 0. The van der Waals surface area contributed by atoms with Gasteiger partial charge in [0.1, 0.15) is 11.2 Å². The second-order valence-corrected chi connectivity index (χ2v) is 14.5. The van der Waals surface area contributed by atoms with Gasteiger partial charge in [-0.3, -0.25) is 0 Å². The standard InChI is InChI=1S/C54H35NO/c1-3-20-44-36(13-1)15-11-25-45(44)38-16-9-18-42(33-38)55(41-31-29-37(30-32-41)47-26-12-28-53-54(47)50-24-7-8-27-52(50)56-53)43-19-10-17-39(34-43)51-35-40-14-2-4-21-46(40)48-22-5-6-23-49(48)51/h1-35H. The quantitative estimate of drug-likeness (QED) is 0.160. The first-order valence-corrected chi connectivity index (χ1v) is 19.2. The first-order valence-electron chi connectivity index (χ1n) is 19.2. The molecule has 0 bridgehead atoms. The molecule has 11 aromatic rings. The van der Waals surface area contributed by atoms with Crippen LogP contribution in [0.15, 0.2) is 217 Å². The van der Waals surface area contributed by atoms with E-state index in [4.69, 9.17) is 4.42 Å². The van der Waals surface area contributed by atoms with E-state index in [1.54, 1.807) is 0 Å². The second-order valence-electron chi connectivity index (χ2n) is 14.5. The Bertz CT molecular complexity index is 3260. The highest BCUT2D eigenvalue weighted by Gasteiger charge is 2.18. The minimum absolute atomic E-state index is 0.901. The van der Waals surface area contributed by atoms with Crippen LogP contribution in [0.4, 0.5) is 17.1 Å². The highest BCUT2D eigenvalue weighted by atomic mass is 16.3. The van der Waals surface area contributed by atoms with Crippen molar-refractivity contribution in [3.63, 3.8) is 0 Å². The number of nitrogens with zero attached hydrogens (tertiary/aromatic N) is 1. The minimum atomic E-state index is 0.901. The summed E-state index contributed by atoms with van der Waals surface area (Å²) in [4.78, 5) is 2.39. The van der Waals surface area contributed by atoms with E-state index in [0.29, 0.717) is 0 Å². The molecule has 0 atom stereocenters. The number of rotatable bonds is 6. The number of anilines is 3. The Morgan fingerprint density at radius 1 is 0.286 bits per heavy atom. The molecule has 1 aromatic heterocycles. The lowest BCUT2D eigenvalue weighted by atomic mass is 9.93. The lowest BCUT2D eigenvalue weighted by Crippen LogP contribution is -2.10. The molecule has 10 aromatic carbocycles. The lowest BCUT2D eigenvalue weighted by molar-refractivity contribution is 0.669. The van der Waals surface area contributed by atoms with Crippen LogP contribution in [-0.2, 0) is 0 Å². The minimum Gasteiger partial charge on any atom is -0.456 e. The van der Waals surface area contributed by atoms with E-state index in [0.717, 1.165) is 50.1 Å². The van der Waals surface area contributed by atoms with Crippen molar-refractivity contribution in [3.8, 4) is 33.4 Å². The molecule has 0 aliphatic heterocycles. The predicted molar refractivity (Wildman–Crippen MR) is 237 cm³/mol. The number of para-hydroxylation sites is 1. The molecule has 262 valence electrons. The molecule has 0 N–H and O–H groups in total. The molecule has 0 amide bonds. The van der Waals surface area contributed by atoms with Crippen molar-refractivity contribution in [2.75, 3.05) is 4.90 Å². The van der Waals surface area contributed by atoms with Crippen molar-refractivity contribution in [1.82, 2.24) is 0 Å². The Balaban J connectivity index is 1.08. The molecule has 2 nitrogen and oxygen atoms in total. The fourth-order valence-corrected chi connectivity index (χ4v) is 8.65. The van der Waals surface area contributed by atoms with Crippen LogP contribution < -0.4 is 4.90 Å². The van der Waals surface area contributed by atoms with Crippen molar-refractivity contribution in [3.05, 3.63) is 212 Å². The Morgan fingerprint density at radius 2 is 0.839 bits per heavy atom. The second kappa shape index (κ2) is 13.2. The smallest absolute Gasteiger partial charge is 0.136 e. The molecule has 1 heterocycles. The zero-order valence-corrected chi connectivity index (χ0v) is 30.6. The summed E-state index contributed by atoms with van der Waals surface area (Å²) >= 11 is 0. The lowest BCUT2D eigenvalue weighted by Gasteiger charge is -2.27. The van der Waals surface area contributed by atoms with Gasteiger partial charge in [-0.1, -0.05) is 158 Å². The molecule has 11 rings (SSSR count). The van der Waals surface area contributed by atoms with Gasteiger partial charge < -0.3 is 9.32 Å². The van der Waals surface area contributed by atoms with Crippen LogP contribution in [0.1, 0.15) is 0 Å². The van der Waals surface area contributed by atoms with Crippen LogP contribution in [0, 0.1) is 0 Å². The van der Waals surface area contributed by atoms with Crippen LogP contribution in [0.3, 0.4) is 0 Å². The Labute approximate surface area is 325 Å². The van der Waals surface area contributed by atoms with Gasteiger partial charge >= 0.3 is 0 Å². The third-order valence-corrected chi connectivity index (χ3v) is 11.2. The van der Waals surface area contributed by atoms with Crippen molar-refractivity contribution < 1.29 is 4.42 Å². The van der Waals surface area contributed by atoms with Gasteiger partial charge in [-0.15, -0.1) is 0 Å². The Kier molecular flexibility index (Phi) is 7.53. The first kappa shape index (κ1) is 32.0. The molecule has 0 fully saturated rings. The number of fused-ring (bicyclic) bond motifs is 7. The van der Waals surface area contributed by atoms with Crippen molar-refractivity contribution >= 4 is 71.3 Å². The van der Waals surface area contributed by atoms with Gasteiger partial charge in [0.05, 0.1) is 0 Å². The fraction of sp³-hybridized carbons (Fsp3) is 0. The highest BCUT2D eigenvalue weighted by molar-refractivity contribution is 6.14. The molecule has 56 heavy (non-hydrogen) atoms. The summed E-state index contributed by atoms with van der Waals surface area (Å²) in [5, 5.41) is 9.78. The third-order valence-electron chi connectivity index (χ3n) is 11.2. The molecule has 0 aliphatic rings. The van der Waals surface area contributed by atoms with Crippen molar-refractivity contribution in [1.29, 1.82) is 0 Å². The zero-order valence-electron chi connectivity index (χ0n) is 30.6. The molecule has 0 saturated heterocycles. The highest BCUT2D eigenvalue weighted by Crippen LogP contribution is 2.43. The average Bonchev–Trinajstić information content (AvgIpc) is 3.66. The van der Waals surface area contributed by atoms with Gasteiger partial charge in [0.25, 0.3) is 0 Å². The van der Waals surface area contributed by atoms with E-state index >= 15 is 0 Å². The van der Waals surface area contributed by atoms with Crippen LogP contribution in [0.25, 0.3) is 87.6 Å². The number of benzene rings is 10. The van der Waals surface area contributed by atoms with Gasteiger partial charge in [-0.25, -0.2) is 0 Å².